The molecule has 4 atom stereocenters. The lowest BCUT2D eigenvalue weighted by Crippen LogP contribution is -2.58. The lowest BCUT2D eigenvalue weighted by molar-refractivity contribution is -0.135. The standard InChI is InChI=1S/C41H77N13O5/c1-5-6-7-8-9-10-11-12-13-14-15-16-17-22-35(55)51-34(26-30-27-47-28-50-30)39(59)53-32(21-19-24-49-41(44)45)37(57)54-33(25-29(2)3)38(58)52-31(36(56)46-4)20-18-23-48-40(42)43/h27-29,31-34H,5-26H2,1-4H3,(H,46,56)(H,47,50)(H,51,55)(H,52,58)(H,53,59)(H,54,57)(H4,42,43,48)(H4,44,45,49)/t31-,32-,33-,34-/m0/s1. The van der Waals surface area contributed by atoms with Crippen LogP contribution >= 0.6 is 0 Å². The Bertz CT molecular complexity index is 1380. The first-order valence-corrected chi connectivity index (χ1v) is 21.8. The number of rotatable bonds is 34. The molecule has 0 aromatic carbocycles. The molecule has 18 nitrogen and oxygen atoms in total. The highest BCUT2D eigenvalue weighted by Crippen LogP contribution is 2.14. The van der Waals surface area contributed by atoms with E-state index in [0.29, 0.717) is 31.5 Å². The smallest absolute Gasteiger partial charge is 0.243 e. The number of hydrogen-bond acceptors (Lipinski definition) is 8. The van der Waals surface area contributed by atoms with Crippen LogP contribution in [0.4, 0.5) is 0 Å². The summed E-state index contributed by atoms with van der Waals surface area (Å²) in [7, 11) is 1.46. The zero-order chi connectivity index (χ0) is 43.8. The molecule has 0 saturated carbocycles. The maximum atomic E-state index is 13.9. The molecule has 1 heterocycles. The number of H-pyrrole nitrogens is 1. The van der Waals surface area contributed by atoms with E-state index in [0.717, 1.165) is 19.3 Å². The number of nitrogens with two attached hydrogens (primary N) is 2. The molecule has 0 aliphatic heterocycles. The summed E-state index contributed by atoms with van der Waals surface area (Å²) in [6, 6.07) is -4.10. The van der Waals surface area contributed by atoms with Gasteiger partial charge in [-0.3, -0.25) is 34.8 Å². The Morgan fingerprint density at radius 3 is 1.56 bits per heavy atom. The van der Waals surface area contributed by atoms with Crippen molar-refractivity contribution in [3.05, 3.63) is 18.2 Å². The summed E-state index contributed by atoms with van der Waals surface area (Å²) in [5.74, 6) is -2.94. The third-order valence-corrected chi connectivity index (χ3v) is 9.95. The van der Waals surface area contributed by atoms with Crippen molar-refractivity contribution in [2.45, 2.75) is 173 Å². The molecule has 59 heavy (non-hydrogen) atoms. The van der Waals surface area contributed by atoms with Crippen molar-refractivity contribution in [1.29, 1.82) is 10.8 Å². The maximum absolute atomic E-state index is 13.9. The Morgan fingerprint density at radius 2 is 1.10 bits per heavy atom. The van der Waals surface area contributed by atoms with Gasteiger partial charge in [0.25, 0.3) is 0 Å². The molecule has 0 unspecified atom stereocenters. The van der Waals surface area contributed by atoms with Gasteiger partial charge in [-0.15, -0.1) is 0 Å². The molecule has 0 saturated heterocycles. The number of likely N-dealkylation sites (N-methyl/N-ethyl adjacent to an activating group) is 1. The molecule has 5 amide bonds. The minimum absolute atomic E-state index is 0.0274. The van der Waals surface area contributed by atoms with E-state index in [9.17, 15) is 24.0 Å². The first kappa shape index (κ1) is 52.1. The van der Waals surface area contributed by atoms with E-state index < -0.39 is 47.8 Å². The Balaban J connectivity index is 2.97. The highest BCUT2D eigenvalue weighted by Gasteiger charge is 2.32. The second kappa shape index (κ2) is 32.0. The van der Waals surface area contributed by atoms with Gasteiger partial charge in [-0.2, -0.15) is 0 Å². The van der Waals surface area contributed by atoms with Crippen LogP contribution in [0.1, 0.15) is 148 Å². The molecule has 0 fully saturated rings. The molecule has 0 spiro atoms. The second-order valence-corrected chi connectivity index (χ2v) is 15.8. The van der Waals surface area contributed by atoms with Crippen LogP contribution in [0.3, 0.4) is 0 Å². The average molecular weight is 832 g/mol. The van der Waals surface area contributed by atoms with Gasteiger partial charge < -0.3 is 53.7 Å². The van der Waals surface area contributed by atoms with Crippen LogP contribution in [-0.4, -0.2) is 95.7 Å². The zero-order valence-corrected chi connectivity index (χ0v) is 36.2. The highest BCUT2D eigenvalue weighted by atomic mass is 16.2. The zero-order valence-electron chi connectivity index (χ0n) is 36.2. The quantitative estimate of drug-likeness (QED) is 0.0274. The first-order valence-electron chi connectivity index (χ1n) is 21.8. The third-order valence-electron chi connectivity index (χ3n) is 9.95. The van der Waals surface area contributed by atoms with Crippen molar-refractivity contribution in [1.82, 2.24) is 47.2 Å². The molecule has 0 radical (unpaired) electrons. The van der Waals surface area contributed by atoms with Crippen LogP contribution in [0.15, 0.2) is 12.5 Å². The number of unbranched alkanes of at least 4 members (excludes halogenated alkanes) is 12. The number of carbonyl (C=O) groups is 5. The van der Waals surface area contributed by atoms with E-state index in [4.69, 9.17) is 22.3 Å². The summed E-state index contributed by atoms with van der Waals surface area (Å²) in [6.45, 7) is 6.60. The van der Waals surface area contributed by atoms with Crippen LogP contribution < -0.4 is 48.7 Å². The van der Waals surface area contributed by atoms with Gasteiger partial charge in [-0.1, -0.05) is 97.8 Å². The lowest BCUT2D eigenvalue weighted by Gasteiger charge is -2.27. The second-order valence-electron chi connectivity index (χ2n) is 15.8. The summed E-state index contributed by atoms with van der Waals surface area (Å²) in [5, 5.41) is 33.9. The van der Waals surface area contributed by atoms with Crippen LogP contribution in [0.25, 0.3) is 0 Å². The molecule has 0 bridgehead atoms. The molecule has 1 rings (SSSR count). The van der Waals surface area contributed by atoms with E-state index in [1.54, 1.807) is 6.20 Å². The number of guanidine groups is 2. The van der Waals surface area contributed by atoms with E-state index in [2.05, 4.69) is 54.1 Å². The monoisotopic (exact) mass is 832 g/mol. The van der Waals surface area contributed by atoms with Gasteiger partial charge in [0.15, 0.2) is 11.9 Å². The fourth-order valence-electron chi connectivity index (χ4n) is 6.68. The molecule has 1 aromatic rings. The SMILES string of the molecule is CCCCCCCCCCCCCCCC(=O)N[C@@H](Cc1c[nH]cn1)C(=O)N[C@@H](CCCNC(=N)N)C(=O)N[C@@H](CC(C)C)C(=O)N[C@@H](CCCNC(=N)N)C(=O)NC. The van der Waals surface area contributed by atoms with Crippen molar-refractivity contribution in [3.8, 4) is 0 Å². The average Bonchev–Trinajstić information content (AvgIpc) is 3.70. The van der Waals surface area contributed by atoms with Crippen molar-refractivity contribution >= 4 is 41.5 Å². The normalized spacial score (nSPS) is 13.0. The molecule has 0 aliphatic carbocycles. The lowest BCUT2D eigenvalue weighted by atomic mass is 10.0. The Morgan fingerprint density at radius 1 is 0.644 bits per heavy atom. The van der Waals surface area contributed by atoms with Gasteiger partial charge in [0, 0.05) is 39.2 Å². The Kier molecular flexibility index (Phi) is 28.3. The molecule has 336 valence electrons. The van der Waals surface area contributed by atoms with Crippen molar-refractivity contribution in [3.63, 3.8) is 0 Å². The van der Waals surface area contributed by atoms with Crippen molar-refractivity contribution < 1.29 is 24.0 Å². The van der Waals surface area contributed by atoms with Gasteiger partial charge in [0.1, 0.15) is 24.2 Å². The van der Waals surface area contributed by atoms with Gasteiger partial charge >= 0.3 is 0 Å². The third kappa shape index (κ3) is 25.9. The Labute approximate surface area is 351 Å². The van der Waals surface area contributed by atoms with E-state index >= 15 is 0 Å². The largest absolute Gasteiger partial charge is 0.370 e. The van der Waals surface area contributed by atoms with Crippen LogP contribution in [0.5, 0.6) is 0 Å². The fraction of sp³-hybridized carbons (Fsp3) is 0.756. The summed E-state index contributed by atoms with van der Waals surface area (Å²) < 4.78 is 0. The summed E-state index contributed by atoms with van der Waals surface area (Å²) in [6.07, 6.45) is 20.3. The minimum Gasteiger partial charge on any atom is -0.370 e. The molecule has 0 aliphatic rings. The van der Waals surface area contributed by atoms with Gasteiger partial charge in [0.2, 0.25) is 29.5 Å². The van der Waals surface area contributed by atoms with E-state index in [1.807, 2.05) is 13.8 Å². The number of aromatic amines is 1. The van der Waals surface area contributed by atoms with Gasteiger partial charge in [0.05, 0.1) is 12.0 Å². The molecule has 14 N–H and O–H groups in total. The van der Waals surface area contributed by atoms with Crippen LogP contribution in [0, 0.1) is 16.7 Å². The van der Waals surface area contributed by atoms with Crippen LogP contribution in [0.2, 0.25) is 0 Å². The number of hydrogen-bond donors (Lipinski definition) is 12. The van der Waals surface area contributed by atoms with E-state index in [1.165, 1.54) is 71.2 Å². The number of aromatic nitrogens is 2. The number of carbonyl (C=O) groups excluding carboxylic acids is 5. The number of amides is 5. The molecular formula is C41H77N13O5. The number of nitrogens with zero attached hydrogens (tertiary/aromatic N) is 1. The Hall–Kier alpha value is -4.90. The first-order chi connectivity index (χ1) is 28.3. The fourth-order valence-corrected chi connectivity index (χ4v) is 6.68. The van der Waals surface area contributed by atoms with Gasteiger partial charge in [-0.05, 0) is 44.4 Å². The van der Waals surface area contributed by atoms with Crippen molar-refractivity contribution in [2.75, 3.05) is 20.1 Å². The highest BCUT2D eigenvalue weighted by molar-refractivity contribution is 5.95. The number of nitrogens with one attached hydrogen (secondary N) is 10. The molecule has 18 heteroatoms. The van der Waals surface area contributed by atoms with Crippen molar-refractivity contribution in [2.24, 2.45) is 17.4 Å². The number of imidazole rings is 1. The molecule has 1 aromatic heterocycles. The van der Waals surface area contributed by atoms with E-state index in [-0.39, 0.29) is 62.4 Å². The predicted octanol–water partition coefficient (Wildman–Crippen LogP) is 2.69. The summed E-state index contributed by atoms with van der Waals surface area (Å²) in [5.41, 5.74) is 11.4. The van der Waals surface area contributed by atoms with Crippen LogP contribution in [-0.2, 0) is 30.4 Å². The minimum atomic E-state index is -1.12. The topological polar surface area (TPSA) is 298 Å². The van der Waals surface area contributed by atoms with Gasteiger partial charge in [-0.25, -0.2) is 4.98 Å². The molecular weight excluding hydrogens is 755 g/mol. The summed E-state index contributed by atoms with van der Waals surface area (Å²) in [4.78, 5) is 74.4. The predicted molar refractivity (Wildman–Crippen MR) is 232 cm³/mol. The maximum Gasteiger partial charge on any atom is 0.243 e. The summed E-state index contributed by atoms with van der Waals surface area (Å²) >= 11 is 0.